The molecule has 0 saturated carbocycles. The van der Waals surface area contributed by atoms with Crippen LogP contribution in [0.3, 0.4) is 0 Å². The van der Waals surface area contributed by atoms with Gasteiger partial charge in [-0.3, -0.25) is 4.79 Å². The molecule has 1 aliphatic heterocycles. The number of anilines is 2. The van der Waals surface area contributed by atoms with Crippen LogP contribution in [0.4, 0.5) is 11.5 Å². The third-order valence-electron chi connectivity index (χ3n) is 6.47. The summed E-state index contributed by atoms with van der Waals surface area (Å²) in [7, 11) is 1.91. The number of carbonyl (C=O) groups is 1. The summed E-state index contributed by atoms with van der Waals surface area (Å²) < 4.78 is 0. The Morgan fingerprint density at radius 2 is 2.04 bits per heavy atom. The van der Waals surface area contributed by atoms with Gasteiger partial charge in [0.15, 0.2) is 0 Å². The zero-order chi connectivity index (χ0) is 19.0. The number of rotatable bonds is 3. The van der Waals surface area contributed by atoms with E-state index in [9.17, 15) is 4.79 Å². The number of benzene rings is 1. The average molecular weight is 364 g/mol. The highest BCUT2D eigenvalue weighted by Crippen LogP contribution is 2.52. The molecule has 0 unspecified atom stereocenters. The van der Waals surface area contributed by atoms with Gasteiger partial charge in [0.05, 0.1) is 5.92 Å². The van der Waals surface area contributed by atoms with Crippen molar-refractivity contribution >= 4 is 17.4 Å². The molecule has 1 spiro atoms. The Kier molecular flexibility index (Phi) is 4.54. The third-order valence-corrected chi connectivity index (χ3v) is 6.47. The number of aromatic nitrogens is 1. The second kappa shape index (κ2) is 6.87. The maximum Gasteiger partial charge on any atom is 0.229 e. The van der Waals surface area contributed by atoms with Crippen molar-refractivity contribution in [1.82, 2.24) is 9.88 Å². The van der Waals surface area contributed by atoms with E-state index in [-0.39, 0.29) is 17.2 Å². The Bertz CT molecular complexity index is 842. The van der Waals surface area contributed by atoms with Crippen LogP contribution >= 0.6 is 0 Å². The van der Waals surface area contributed by atoms with Crippen LogP contribution in [-0.2, 0) is 10.2 Å². The monoisotopic (exact) mass is 364 g/mol. The Hall–Kier alpha value is -2.56. The maximum absolute atomic E-state index is 13.0. The summed E-state index contributed by atoms with van der Waals surface area (Å²) in [5, 5.41) is 0. The van der Waals surface area contributed by atoms with Crippen LogP contribution in [0.5, 0.6) is 0 Å². The summed E-state index contributed by atoms with van der Waals surface area (Å²) >= 11 is 0. The van der Waals surface area contributed by atoms with E-state index in [1.807, 2.05) is 31.0 Å². The highest BCUT2D eigenvalue weighted by atomic mass is 16.2. The lowest BCUT2D eigenvalue weighted by Crippen LogP contribution is -2.42. The van der Waals surface area contributed by atoms with Gasteiger partial charge in [-0.2, -0.15) is 0 Å². The molecule has 2 N–H and O–H groups in total. The number of fused-ring (bicyclic) bond motifs is 2. The van der Waals surface area contributed by atoms with Gasteiger partial charge in [-0.15, -0.1) is 0 Å². The summed E-state index contributed by atoms with van der Waals surface area (Å²) in [6, 6.07) is 12.3. The predicted octanol–water partition coefficient (Wildman–Crippen LogP) is 3.17. The Labute approximate surface area is 161 Å². The number of piperidine rings is 1. The van der Waals surface area contributed by atoms with Crippen LogP contribution in [0.15, 0.2) is 42.6 Å². The second-order valence-corrected chi connectivity index (χ2v) is 7.91. The quantitative estimate of drug-likeness (QED) is 0.909. The average Bonchev–Trinajstić information content (AvgIpc) is 3.02. The third kappa shape index (κ3) is 3.05. The molecular weight excluding hydrogens is 336 g/mol. The number of hydrogen-bond donors (Lipinski definition) is 1. The number of nitrogens with two attached hydrogens (primary N) is 1. The molecule has 1 atom stereocenters. The number of nitrogen functional groups attached to an aromatic ring is 1. The first-order chi connectivity index (χ1) is 13.0. The SMILES string of the molecule is CCN(C)C(=O)[C@H]1CC2(CCN(c3cc(N)ccn3)CC2)c2ccccc21. The van der Waals surface area contributed by atoms with E-state index in [4.69, 9.17) is 5.73 Å². The molecule has 2 aliphatic rings. The van der Waals surface area contributed by atoms with Crippen molar-refractivity contribution in [3.8, 4) is 0 Å². The lowest BCUT2D eigenvalue weighted by molar-refractivity contribution is -0.131. The topological polar surface area (TPSA) is 62.5 Å². The zero-order valence-electron chi connectivity index (χ0n) is 16.2. The fraction of sp³-hybridized carbons (Fsp3) is 0.455. The first-order valence-corrected chi connectivity index (χ1v) is 9.85. The highest BCUT2D eigenvalue weighted by molar-refractivity contribution is 5.85. The summed E-state index contributed by atoms with van der Waals surface area (Å²) in [6.45, 7) is 4.66. The highest BCUT2D eigenvalue weighted by Gasteiger charge is 2.47. The van der Waals surface area contributed by atoms with Gasteiger partial charge in [0.2, 0.25) is 5.91 Å². The summed E-state index contributed by atoms with van der Waals surface area (Å²) in [6.07, 6.45) is 4.78. The Morgan fingerprint density at radius 3 is 2.74 bits per heavy atom. The van der Waals surface area contributed by atoms with Crippen LogP contribution < -0.4 is 10.6 Å². The molecule has 5 nitrogen and oxygen atoms in total. The predicted molar refractivity (Wildman–Crippen MR) is 109 cm³/mol. The van der Waals surface area contributed by atoms with Gasteiger partial charge >= 0.3 is 0 Å². The van der Waals surface area contributed by atoms with Crippen molar-refractivity contribution in [3.05, 3.63) is 53.7 Å². The van der Waals surface area contributed by atoms with E-state index in [0.717, 1.165) is 50.4 Å². The van der Waals surface area contributed by atoms with E-state index >= 15 is 0 Å². The standard InChI is InChI=1S/C22H28N4O/c1-3-25(2)21(27)18-15-22(19-7-5-4-6-17(18)19)9-12-26(13-10-22)20-14-16(23)8-11-24-20/h4-8,11,14,18H,3,9-10,12-13,15H2,1-2H3,(H2,23,24)/t18-/m0/s1. The van der Waals surface area contributed by atoms with Gasteiger partial charge in [-0.05, 0) is 43.4 Å². The molecule has 2 aromatic rings. The molecule has 0 radical (unpaired) electrons. The van der Waals surface area contributed by atoms with Crippen LogP contribution in [0.25, 0.3) is 0 Å². The van der Waals surface area contributed by atoms with E-state index in [1.54, 1.807) is 6.20 Å². The van der Waals surface area contributed by atoms with Crippen molar-refractivity contribution in [2.24, 2.45) is 0 Å². The summed E-state index contributed by atoms with van der Waals surface area (Å²) in [4.78, 5) is 21.6. The van der Waals surface area contributed by atoms with E-state index in [1.165, 1.54) is 11.1 Å². The maximum atomic E-state index is 13.0. The lowest BCUT2D eigenvalue weighted by Gasteiger charge is -2.41. The number of pyridine rings is 1. The first-order valence-electron chi connectivity index (χ1n) is 9.85. The number of nitrogens with zero attached hydrogens (tertiary/aromatic N) is 3. The number of amides is 1. The van der Waals surface area contributed by atoms with Crippen LogP contribution in [0.2, 0.25) is 0 Å². The van der Waals surface area contributed by atoms with Gasteiger partial charge in [-0.1, -0.05) is 24.3 Å². The first kappa shape index (κ1) is 17.8. The largest absolute Gasteiger partial charge is 0.399 e. The van der Waals surface area contributed by atoms with Crippen molar-refractivity contribution in [2.45, 2.75) is 37.5 Å². The van der Waals surface area contributed by atoms with Crippen molar-refractivity contribution in [1.29, 1.82) is 0 Å². The van der Waals surface area contributed by atoms with Crippen LogP contribution in [0, 0.1) is 0 Å². The molecule has 1 amide bonds. The molecule has 1 saturated heterocycles. The smallest absolute Gasteiger partial charge is 0.229 e. The van der Waals surface area contributed by atoms with Gasteiger partial charge in [-0.25, -0.2) is 4.98 Å². The minimum Gasteiger partial charge on any atom is -0.399 e. The molecular formula is C22H28N4O. The van der Waals surface area contributed by atoms with E-state index in [2.05, 4.69) is 34.1 Å². The summed E-state index contributed by atoms with van der Waals surface area (Å²) in [5.74, 6) is 1.19. The van der Waals surface area contributed by atoms with E-state index in [0.29, 0.717) is 0 Å². The fourth-order valence-corrected chi connectivity index (χ4v) is 4.78. The minimum absolute atomic E-state index is 0.0109. The molecule has 0 bridgehead atoms. The van der Waals surface area contributed by atoms with Gasteiger partial charge in [0.25, 0.3) is 0 Å². The second-order valence-electron chi connectivity index (χ2n) is 7.91. The van der Waals surface area contributed by atoms with Crippen LogP contribution in [-0.4, -0.2) is 42.5 Å². The fourth-order valence-electron chi connectivity index (χ4n) is 4.78. The van der Waals surface area contributed by atoms with E-state index < -0.39 is 0 Å². The molecule has 1 aromatic carbocycles. The van der Waals surface area contributed by atoms with Gasteiger partial charge < -0.3 is 15.5 Å². The Balaban J connectivity index is 1.59. The minimum atomic E-state index is -0.0109. The molecule has 1 aliphatic carbocycles. The number of hydrogen-bond acceptors (Lipinski definition) is 4. The molecule has 27 heavy (non-hydrogen) atoms. The molecule has 4 rings (SSSR count). The number of likely N-dealkylation sites (N-methyl/N-ethyl adjacent to an activating group) is 1. The molecule has 5 heteroatoms. The number of carbonyl (C=O) groups excluding carboxylic acids is 1. The zero-order valence-corrected chi connectivity index (χ0v) is 16.2. The van der Waals surface area contributed by atoms with Gasteiger partial charge in [0, 0.05) is 50.0 Å². The van der Waals surface area contributed by atoms with Crippen LogP contribution in [0.1, 0.15) is 43.2 Å². The van der Waals surface area contributed by atoms with Gasteiger partial charge in [0.1, 0.15) is 5.82 Å². The molecule has 1 fully saturated rings. The summed E-state index contributed by atoms with van der Waals surface area (Å²) in [5.41, 5.74) is 9.39. The van der Waals surface area contributed by atoms with Crippen molar-refractivity contribution in [2.75, 3.05) is 37.3 Å². The lowest BCUT2D eigenvalue weighted by atomic mass is 9.73. The van der Waals surface area contributed by atoms with Crippen molar-refractivity contribution in [3.63, 3.8) is 0 Å². The normalized spacial score (nSPS) is 20.5. The molecule has 142 valence electrons. The molecule has 1 aromatic heterocycles. The molecule has 2 heterocycles. The van der Waals surface area contributed by atoms with Crippen molar-refractivity contribution < 1.29 is 4.79 Å². The Morgan fingerprint density at radius 1 is 1.30 bits per heavy atom.